The minimum atomic E-state index is 0.756. The molecule has 0 fully saturated rings. The average molecular weight is 212 g/mol. The van der Waals surface area contributed by atoms with Gasteiger partial charge in [-0.05, 0) is 25.5 Å². The highest BCUT2D eigenvalue weighted by molar-refractivity contribution is 7.99. The van der Waals surface area contributed by atoms with Crippen LogP contribution in [0.2, 0.25) is 0 Å². The predicted molar refractivity (Wildman–Crippen MR) is 60.6 cm³/mol. The number of methoxy groups -OCH3 is 1. The van der Waals surface area contributed by atoms with Gasteiger partial charge in [-0.15, -0.1) is 11.8 Å². The van der Waals surface area contributed by atoms with Gasteiger partial charge in [-0.1, -0.05) is 0 Å². The van der Waals surface area contributed by atoms with Gasteiger partial charge in [0.15, 0.2) is 0 Å². The number of ether oxygens (including phenoxy) is 1. The molecule has 0 aliphatic heterocycles. The van der Waals surface area contributed by atoms with E-state index in [-0.39, 0.29) is 0 Å². The van der Waals surface area contributed by atoms with E-state index >= 15 is 0 Å². The van der Waals surface area contributed by atoms with Gasteiger partial charge < -0.3 is 10.5 Å². The van der Waals surface area contributed by atoms with E-state index in [1.165, 1.54) is 0 Å². The van der Waals surface area contributed by atoms with Crippen molar-refractivity contribution in [3.05, 3.63) is 17.8 Å². The second-order valence-electron chi connectivity index (χ2n) is 3.02. The summed E-state index contributed by atoms with van der Waals surface area (Å²) in [7, 11) is 1.72. The van der Waals surface area contributed by atoms with Gasteiger partial charge in [0.05, 0.1) is 16.4 Å². The third-order valence-electron chi connectivity index (χ3n) is 1.84. The number of nitrogens with two attached hydrogens (primary N) is 1. The van der Waals surface area contributed by atoms with E-state index in [1.807, 2.05) is 19.1 Å². The molecular weight excluding hydrogens is 196 g/mol. The van der Waals surface area contributed by atoms with Crippen molar-refractivity contribution in [2.75, 3.05) is 25.2 Å². The molecule has 0 bridgehead atoms. The summed E-state index contributed by atoms with van der Waals surface area (Å²) in [5.74, 6) is 1.03. The van der Waals surface area contributed by atoms with Gasteiger partial charge in [0, 0.05) is 19.5 Å². The highest BCUT2D eigenvalue weighted by Gasteiger charge is 1.98. The van der Waals surface area contributed by atoms with Crippen molar-refractivity contribution in [2.45, 2.75) is 18.4 Å². The number of thioether (sulfide) groups is 1. The van der Waals surface area contributed by atoms with E-state index in [1.54, 1.807) is 18.9 Å². The first kappa shape index (κ1) is 11.3. The smallest absolute Gasteiger partial charge is 0.0964 e. The van der Waals surface area contributed by atoms with E-state index in [9.17, 15) is 0 Å². The number of aromatic nitrogens is 1. The van der Waals surface area contributed by atoms with Crippen molar-refractivity contribution in [1.29, 1.82) is 0 Å². The molecule has 3 nitrogen and oxygen atoms in total. The molecule has 14 heavy (non-hydrogen) atoms. The lowest BCUT2D eigenvalue weighted by Gasteiger charge is -2.03. The van der Waals surface area contributed by atoms with Gasteiger partial charge in [0.1, 0.15) is 0 Å². The van der Waals surface area contributed by atoms with Crippen molar-refractivity contribution >= 4 is 17.4 Å². The Bertz CT molecular complexity index is 291. The summed E-state index contributed by atoms with van der Waals surface area (Å²) in [4.78, 5) is 4.37. The molecule has 0 atom stereocenters. The van der Waals surface area contributed by atoms with E-state index in [0.717, 1.165) is 35.2 Å². The molecule has 0 radical (unpaired) electrons. The molecule has 4 heteroatoms. The first-order chi connectivity index (χ1) is 6.74. The molecule has 0 unspecified atom stereocenters. The summed E-state index contributed by atoms with van der Waals surface area (Å²) in [6.07, 6.45) is 1.05. The summed E-state index contributed by atoms with van der Waals surface area (Å²) in [5.41, 5.74) is 7.33. The standard InChI is InChI=1S/C10H16N2OS/c1-8-9(11)4-5-10(12-8)14-7-3-6-13-2/h4-5H,3,6-7,11H2,1-2H3. The first-order valence-corrected chi connectivity index (χ1v) is 5.57. The van der Waals surface area contributed by atoms with Crippen LogP contribution < -0.4 is 5.73 Å². The van der Waals surface area contributed by atoms with Crippen molar-refractivity contribution < 1.29 is 4.74 Å². The third-order valence-corrected chi connectivity index (χ3v) is 2.86. The summed E-state index contributed by atoms with van der Waals surface area (Å²) >= 11 is 1.74. The summed E-state index contributed by atoms with van der Waals surface area (Å²) in [5, 5.41) is 1.04. The zero-order valence-electron chi connectivity index (χ0n) is 8.62. The first-order valence-electron chi connectivity index (χ1n) is 4.59. The Labute approximate surface area is 89.1 Å². The number of anilines is 1. The summed E-state index contributed by atoms with van der Waals surface area (Å²) < 4.78 is 4.97. The van der Waals surface area contributed by atoms with Crippen LogP contribution in [0.15, 0.2) is 17.2 Å². The van der Waals surface area contributed by atoms with Crippen LogP contribution >= 0.6 is 11.8 Å². The van der Waals surface area contributed by atoms with E-state index in [0.29, 0.717) is 0 Å². The topological polar surface area (TPSA) is 48.1 Å². The zero-order chi connectivity index (χ0) is 10.4. The number of aryl methyl sites for hydroxylation is 1. The van der Waals surface area contributed by atoms with Crippen molar-refractivity contribution in [3.8, 4) is 0 Å². The number of nitrogens with zero attached hydrogens (tertiary/aromatic N) is 1. The van der Waals surface area contributed by atoms with Crippen LogP contribution in [-0.4, -0.2) is 24.5 Å². The van der Waals surface area contributed by atoms with Gasteiger partial charge in [0.25, 0.3) is 0 Å². The van der Waals surface area contributed by atoms with Crippen LogP contribution in [0.5, 0.6) is 0 Å². The fourth-order valence-corrected chi connectivity index (χ4v) is 1.85. The number of hydrogen-bond donors (Lipinski definition) is 1. The molecule has 0 aliphatic rings. The van der Waals surface area contributed by atoms with Crippen molar-refractivity contribution in [3.63, 3.8) is 0 Å². The van der Waals surface area contributed by atoms with Crippen LogP contribution in [0.25, 0.3) is 0 Å². The van der Waals surface area contributed by atoms with Gasteiger partial charge in [-0.2, -0.15) is 0 Å². The van der Waals surface area contributed by atoms with Gasteiger partial charge in [0.2, 0.25) is 0 Å². The summed E-state index contributed by atoms with van der Waals surface area (Å²) in [6.45, 7) is 2.73. The average Bonchev–Trinajstić information content (AvgIpc) is 2.18. The Hall–Kier alpha value is -0.740. The quantitative estimate of drug-likeness (QED) is 0.600. The molecule has 0 aromatic carbocycles. The Morgan fingerprint density at radius 2 is 2.29 bits per heavy atom. The lowest BCUT2D eigenvalue weighted by molar-refractivity contribution is 0.200. The molecule has 1 heterocycles. The molecule has 0 amide bonds. The molecule has 0 spiro atoms. The van der Waals surface area contributed by atoms with Crippen molar-refractivity contribution in [2.24, 2.45) is 0 Å². The van der Waals surface area contributed by atoms with Crippen LogP contribution in [0.4, 0.5) is 5.69 Å². The molecule has 78 valence electrons. The number of hydrogen-bond acceptors (Lipinski definition) is 4. The Morgan fingerprint density at radius 3 is 2.93 bits per heavy atom. The highest BCUT2D eigenvalue weighted by atomic mass is 32.2. The minimum absolute atomic E-state index is 0.756. The largest absolute Gasteiger partial charge is 0.397 e. The SMILES string of the molecule is COCCCSc1ccc(N)c(C)n1. The maximum absolute atomic E-state index is 5.67. The second-order valence-corrected chi connectivity index (χ2v) is 4.13. The lowest BCUT2D eigenvalue weighted by Crippen LogP contribution is -1.95. The van der Waals surface area contributed by atoms with E-state index in [4.69, 9.17) is 10.5 Å². The second kappa shape index (κ2) is 5.88. The minimum Gasteiger partial charge on any atom is -0.397 e. The van der Waals surface area contributed by atoms with Crippen LogP contribution in [0.3, 0.4) is 0 Å². The Kier molecular flexibility index (Phi) is 4.76. The highest BCUT2D eigenvalue weighted by Crippen LogP contribution is 2.19. The fourth-order valence-electron chi connectivity index (χ4n) is 1.01. The van der Waals surface area contributed by atoms with Gasteiger partial charge in [-0.3, -0.25) is 0 Å². The molecule has 1 aromatic rings. The van der Waals surface area contributed by atoms with Crippen LogP contribution in [0.1, 0.15) is 12.1 Å². The van der Waals surface area contributed by atoms with Gasteiger partial charge in [-0.25, -0.2) is 4.98 Å². The lowest BCUT2D eigenvalue weighted by atomic mass is 10.3. The molecule has 1 rings (SSSR count). The van der Waals surface area contributed by atoms with E-state index < -0.39 is 0 Å². The predicted octanol–water partition coefficient (Wildman–Crippen LogP) is 2.10. The molecule has 0 saturated carbocycles. The molecule has 1 aromatic heterocycles. The maximum Gasteiger partial charge on any atom is 0.0964 e. The Balaban J connectivity index is 2.39. The maximum atomic E-state index is 5.67. The molecular formula is C10H16N2OS. The fraction of sp³-hybridized carbons (Fsp3) is 0.500. The van der Waals surface area contributed by atoms with Crippen LogP contribution in [0, 0.1) is 6.92 Å². The number of nitrogen functional groups attached to an aromatic ring is 1. The number of pyridine rings is 1. The van der Waals surface area contributed by atoms with E-state index in [2.05, 4.69) is 4.98 Å². The van der Waals surface area contributed by atoms with Gasteiger partial charge >= 0.3 is 0 Å². The normalized spacial score (nSPS) is 10.4. The zero-order valence-corrected chi connectivity index (χ0v) is 9.43. The molecule has 0 saturated heterocycles. The molecule has 0 aliphatic carbocycles. The number of rotatable bonds is 5. The van der Waals surface area contributed by atoms with Crippen molar-refractivity contribution in [1.82, 2.24) is 4.98 Å². The monoisotopic (exact) mass is 212 g/mol. The third kappa shape index (κ3) is 3.55. The summed E-state index contributed by atoms with van der Waals surface area (Å²) in [6, 6.07) is 3.86. The Morgan fingerprint density at radius 1 is 1.50 bits per heavy atom. The molecule has 2 N–H and O–H groups in total. The van der Waals surface area contributed by atoms with Crippen LogP contribution in [-0.2, 0) is 4.74 Å².